The molecule has 17 heavy (non-hydrogen) atoms. The summed E-state index contributed by atoms with van der Waals surface area (Å²) in [5.74, 6) is -0.842. The fourth-order valence-electron chi connectivity index (χ4n) is 2.50. The molecule has 0 bridgehead atoms. The molecule has 1 aliphatic rings. The number of amides is 1. The standard InChI is InChI=1S/C13H23NO3/c1-3-10(4-2)12(15)14-9-7-5-6-8-11(14)13(16)17/h10-11H,3-9H2,1-2H3,(H,16,17). The molecule has 1 aliphatic heterocycles. The second-order valence-corrected chi connectivity index (χ2v) is 4.75. The summed E-state index contributed by atoms with van der Waals surface area (Å²) in [5, 5.41) is 9.22. The Morgan fingerprint density at radius 3 is 2.41 bits per heavy atom. The van der Waals surface area contributed by atoms with Crippen LogP contribution in [0.1, 0.15) is 52.4 Å². The first-order chi connectivity index (χ1) is 8.11. The number of hydrogen-bond donors (Lipinski definition) is 1. The zero-order valence-corrected chi connectivity index (χ0v) is 10.8. The number of carboxylic acids is 1. The van der Waals surface area contributed by atoms with Crippen LogP contribution in [-0.4, -0.2) is 34.5 Å². The lowest BCUT2D eigenvalue weighted by Gasteiger charge is -2.30. The van der Waals surface area contributed by atoms with Crippen molar-refractivity contribution in [1.82, 2.24) is 4.90 Å². The number of carbonyl (C=O) groups is 2. The van der Waals surface area contributed by atoms with Crippen LogP contribution in [0.3, 0.4) is 0 Å². The molecule has 1 fully saturated rings. The number of rotatable bonds is 4. The van der Waals surface area contributed by atoms with Crippen LogP contribution in [0.25, 0.3) is 0 Å². The van der Waals surface area contributed by atoms with Gasteiger partial charge in [0.2, 0.25) is 5.91 Å². The van der Waals surface area contributed by atoms with Crippen molar-refractivity contribution in [2.75, 3.05) is 6.54 Å². The molecule has 0 aromatic carbocycles. The van der Waals surface area contributed by atoms with E-state index in [2.05, 4.69) is 0 Å². The molecule has 1 atom stereocenters. The van der Waals surface area contributed by atoms with Crippen LogP contribution in [0.5, 0.6) is 0 Å². The summed E-state index contributed by atoms with van der Waals surface area (Å²) in [6.45, 7) is 4.58. The van der Waals surface area contributed by atoms with Gasteiger partial charge in [-0.15, -0.1) is 0 Å². The van der Waals surface area contributed by atoms with Crippen LogP contribution < -0.4 is 0 Å². The van der Waals surface area contributed by atoms with Crippen molar-refractivity contribution in [3.8, 4) is 0 Å². The smallest absolute Gasteiger partial charge is 0.326 e. The highest BCUT2D eigenvalue weighted by Crippen LogP contribution is 2.21. The van der Waals surface area contributed by atoms with Gasteiger partial charge in [-0.2, -0.15) is 0 Å². The van der Waals surface area contributed by atoms with E-state index in [1.165, 1.54) is 0 Å². The molecule has 1 saturated heterocycles. The molecule has 0 aliphatic carbocycles. The van der Waals surface area contributed by atoms with E-state index < -0.39 is 12.0 Å². The summed E-state index contributed by atoms with van der Waals surface area (Å²) in [6, 6.07) is -0.606. The SMILES string of the molecule is CCC(CC)C(=O)N1CCCCCC1C(=O)O. The third kappa shape index (κ3) is 3.45. The maximum Gasteiger partial charge on any atom is 0.326 e. The van der Waals surface area contributed by atoms with Crippen LogP contribution in [0.2, 0.25) is 0 Å². The molecule has 0 aromatic rings. The van der Waals surface area contributed by atoms with Crippen molar-refractivity contribution in [2.45, 2.75) is 58.4 Å². The fraction of sp³-hybridized carbons (Fsp3) is 0.846. The molecule has 1 N–H and O–H groups in total. The van der Waals surface area contributed by atoms with Crippen molar-refractivity contribution in [3.63, 3.8) is 0 Å². The Labute approximate surface area is 103 Å². The second-order valence-electron chi connectivity index (χ2n) is 4.75. The molecule has 0 spiro atoms. The summed E-state index contributed by atoms with van der Waals surface area (Å²) in [7, 11) is 0. The Morgan fingerprint density at radius 2 is 1.88 bits per heavy atom. The number of nitrogens with zero attached hydrogens (tertiary/aromatic N) is 1. The zero-order valence-electron chi connectivity index (χ0n) is 10.8. The lowest BCUT2D eigenvalue weighted by atomic mass is 10.00. The molecule has 1 amide bonds. The molecule has 0 radical (unpaired) electrons. The van der Waals surface area contributed by atoms with Crippen LogP contribution in [0.4, 0.5) is 0 Å². The van der Waals surface area contributed by atoms with Gasteiger partial charge in [-0.3, -0.25) is 4.79 Å². The molecule has 98 valence electrons. The van der Waals surface area contributed by atoms with Gasteiger partial charge in [-0.05, 0) is 25.7 Å². The second kappa shape index (κ2) is 6.62. The average molecular weight is 241 g/mol. The predicted molar refractivity (Wildman–Crippen MR) is 65.7 cm³/mol. The Bertz CT molecular complexity index is 274. The Kier molecular flexibility index (Phi) is 5.45. The Morgan fingerprint density at radius 1 is 1.24 bits per heavy atom. The summed E-state index contributed by atoms with van der Waals surface area (Å²) < 4.78 is 0. The van der Waals surface area contributed by atoms with Gasteiger partial charge in [-0.1, -0.05) is 26.7 Å². The molecule has 1 unspecified atom stereocenters. The van der Waals surface area contributed by atoms with Gasteiger partial charge in [0, 0.05) is 12.5 Å². The van der Waals surface area contributed by atoms with Crippen LogP contribution in [0.15, 0.2) is 0 Å². The van der Waals surface area contributed by atoms with E-state index >= 15 is 0 Å². The number of likely N-dealkylation sites (tertiary alicyclic amines) is 1. The Balaban J connectivity index is 2.81. The molecular formula is C13H23NO3. The minimum absolute atomic E-state index is 0.0186. The topological polar surface area (TPSA) is 57.6 Å². The van der Waals surface area contributed by atoms with Crippen LogP contribution in [-0.2, 0) is 9.59 Å². The van der Waals surface area contributed by atoms with Crippen LogP contribution in [0, 0.1) is 5.92 Å². The summed E-state index contributed by atoms with van der Waals surface area (Å²) >= 11 is 0. The van der Waals surface area contributed by atoms with Gasteiger partial charge in [0.15, 0.2) is 0 Å². The van der Waals surface area contributed by atoms with E-state index in [-0.39, 0.29) is 11.8 Å². The third-order valence-corrected chi connectivity index (χ3v) is 3.66. The van der Waals surface area contributed by atoms with Gasteiger partial charge in [0.05, 0.1) is 0 Å². The fourth-order valence-corrected chi connectivity index (χ4v) is 2.50. The maximum absolute atomic E-state index is 12.3. The minimum Gasteiger partial charge on any atom is -0.480 e. The zero-order chi connectivity index (χ0) is 12.8. The van der Waals surface area contributed by atoms with Crippen molar-refractivity contribution >= 4 is 11.9 Å². The lowest BCUT2D eigenvalue weighted by molar-refractivity contribution is -0.152. The van der Waals surface area contributed by atoms with Crippen molar-refractivity contribution < 1.29 is 14.7 Å². The highest BCUT2D eigenvalue weighted by molar-refractivity contribution is 5.85. The third-order valence-electron chi connectivity index (χ3n) is 3.66. The van der Waals surface area contributed by atoms with E-state index in [9.17, 15) is 14.7 Å². The van der Waals surface area contributed by atoms with Gasteiger partial charge >= 0.3 is 5.97 Å². The molecular weight excluding hydrogens is 218 g/mol. The van der Waals surface area contributed by atoms with E-state index in [0.717, 1.165) is 32.1 Å². The number of aliphatic carboxylic acids is 1. The monoisotopic (exact) mass is 241 g/mol. The van der Waals surface area contributed by atoms with E-state index in [1.54, 1.807) is 4.90 Å². The molecule has 4 nitrogen and oxygen atoms in total. The van der Waals surface area contributed by atoms with Crippen molar-refractivity contribution in [1.29, 1.82) is 0 Å². The first-order valence-corrected chi connectivity index (χ1v) is 6.65. The largest absolute Gasteiger partial charge is 0.480 e. The van der Waals surface area contributed by atoms with Crippen molar-refractivity contribution in [3.05, 3.63) is 0 Å². The summed E-state index contributed by atoms with van der Waals surface area (Å²) in [5.41, 5.74) is 0. The van der Waals surface area contributed by atoms with E-state index in [4.69, 9.17) is 0 Å². The summed E-state index contributed by atoms with van der Waals surface area (Å²) in [6.07, 6.45) is 5.04. The molecule has 0 aromatic heterocycles. The van der Waals surface area contributed by atoms with Gasteiger partial charge < -0.3 is 10.0 Å². The van der Waals surface area contributed by atoms with Gasteiger partial charge in [0.25, 0.3) is 0 Å². The Hall–Kier alpha value is -1.06. The van der Waals surface area contributed by atoms with Crippen LogP contribution >= 0.6 is 0 Å². The number of carbonyl (C=O) groups excluding carboxylic acids is 1. The minimum atomic E-state index is -0.855. The first-order valence-electron chi connectivity index (χ1n) is 6.65. The number of carboxylic acid groups (broad SMARTS) is 1. The number of hydrogen-bond acceptors (Lipinski definition) is 2. The highest BCUT2D eigenvalue weighted by atomic mass is 16.4. The quantitative estimate of drug-likeness (QED) is 0.821. The summed E-state index contributed by atoms with van der Waals surface area (Å²) in [4.78, 5) is 25.1. The lowest BCUT2D eigenvalue weighted by Crippen LogP contribution is -2.47. The van der Waals surface area contributed by atoms with E-state index in [1.807, 2.05) is 13.8 Å². The maximum atomic E-state index is 12.3. The van der Waals surface area contributed by atoms with Crippen molar-refractivity contribution in [2.24, 2.45) is 5.92 Å². The average Bonchev–Trinajstić information content (AvgIpc) is 2.55. The molecule has 4 heteroatoms. The normalized spacial score (nSPS) is 21.4. The molecule has 1 rings (SSSR count). The molecule has 1 heterocycles. The van der Waals surface area contributed by atoms with Gasteiger partial charge in [0.1, 0.15) is 6.04 Å². The van der Waals surface area contributed by atoms with E-state index in [0.29, 0.717) is 13.0 Å². The first kappa shape index (κ1) is 14.0. The highest BCUT2D eigenvalue weighted by Gasteiger charge is 2.33. The molecule has 0 saturated carbocycles. The predicted octanol–water partition coefficient (Wildman–Crippen LogP) is 2.28. The van der Waals surface area contributed by atoms with Gasteiger partial charge in [-0.25, -0.2) is 4.79 Å².